The molecule has 1 heterocycles. The zero-order valence-corrected chi connectivity index (χ0v) is 32.9. The van der Waals surface area contributed by atoms with Crippen molar-refractivity contribution < 1.29 is 34.2 Å². The Labute approximate surface area is 314 Å². The first-order valence-corrected chi connectivity index (χ1v) is 19.2. The lowest BCUT2D eigenvalue weighted by atomic mass is 9.45. The predicted molar refractivity (Wildman–Crippen MR) is 205 cm³/mol. The largest absolute Gasteiger partial charge is 0.496 e. The number of likely N-dealkylation sites (N-methyl/N-ethyl adjacent to an activating group) is 1. The Morgan fingerprint density at radius 3 is 2.47 bits per heavy atom. The van der Waals surface area contributed by atoms with Gasteiger partial charge in [-0.1, -0.05) is 52.3 Å². The zero-order chi connectivity index (χ0) is 38.8. The molecule has 1 aliphatic heterocycles. The molecular formula is C41H61N5O7. The predicted octanol–water partition coefficient (Wildman–Crippen LogP) is 4.44. The van der Waals surface area contributed by atoms with Gasteiger partial charge in [-0.3, -0.25) is 19.2 Å². The van der Waals surface area contributed by atoms with Gasteiger partial charge >= 0.3 is 0 Å². The van der Waals surface area contributed by atoms with Gasteiger partial charge in [-0.2, -0.15) is 5.06 Å². The fourth-order valence-electron chi connectivity index (χ4n) is 9.29. The van der Waals surface area contributed by atoms with Crippen LogP contribution in [0.3, 0.4) is 0 Å². The third kappa shape index (κ3) is 8.73. The molecule has 2 aromatic rings. The minimum absolute atomic E-state index is 0.0178. The maximum absolute atomic E-state index is 14.2. The quantitative estimate of drug-likeness (QED) is 0.179. The summed E-state index contributed by atoms with van der Waals surface area (Å²) in [4.78, 5) is 48.4. The van der Waals surface area contributed by atoms with Gasteiger partial charge in [-0.05, 0) is 87.2 Å². The van der Waals surface area contributed by atoms with Gasteiger partial charge in [-0.25, -0.2) is 0 Å². The molecule has 0 unspecified atom stereocenters. The number of aliphatic hydroxyl groups excluding tert-OH is 2. The molecule has 3 amide bonds. The minimum Gasteiger partial charge on any atom is -0.496 e. The van der Waals surface area contributed by atoms with Crippen LogP contribution in [-0.4, -0.2) is 103 Å². The molecule has 292 valence electrons. The Balaban J connectivity index is 1.46. The highest BCUT2D eigenvalue weighted by atomic mass is 16.7. The standard InChI is InChI=1S/C41H61N5O7/c1-10-12-30(21-45(7)8)43-39(50)28-15-27(16-31(17-28)42-25(4)49)32-14-11-13-26(38(32)52-9)20-46-37(36(24(3)48)35(22-47)53-46)40(51)44-34-19-29-18-33(23(34)2)41(29,5)6/h11,13-17,23-24,29-30,33-37,47-48H,10,12,18-22H2,1-9H3,(H,42,49)(H,43,50)(H,44,51)/t23-,24-,29+,30-,33-,34-,35-,36+,37-/m0/s1. The van der Waals surface area contributed by atoms with Crippen molar-refractivity contribution in [2.75, 3.05) is 39.7 Å². The molecule has 6 rings (SSSR count). The highest BCUT2D eigenvalue weighted by Crippen LogP contribution is 2.61. The second-order valence-corrected chi connectivity index (χ2v) is 16.4. The normalized spacial score (nSPS) is 27.4. The van der Waals surface area contributed by atoms with E-state index in [0.29, 0.717) is 58.0 Å². The van der Waals surface area contributed by atoms with Crippen molar-refractivity contribution in [1.29, 1.82) is 0 Å². The number of carbonyl (C=O) groups is 3. The van der Waals surface area contributed by atoms with E-state index in [1.807, 2.05) is 37.2 Å². The fraction of sp³-hybridized carbons (Fsp3) is 0.634. The van der Waals surface area contributed by atoms with E-state index in [4.69, 9.17) is 9.57 Å². The molecule has 5 N–H and O–H groups in total. The van der Waals surface area contributed by atoms with Crippen LogP contribution in [0.4, 0.5) is 5.69 Å². The van der Waals surface area contributed by atoms with Crippen LogP contribution in [0.1, 0.15) is 83.1 Å². The van der Waals surface area contributed by atoms with E-state index >= 15 is 0 Å². The van der Waals surface area contributed by atoms with Crippen molar-refractivity contribution >= 4 is 23.4 Å². The summed E-state index contributed by atoms with van der Waals surface area (Å²) in [7, 11) is 5.50. The number of anilines is 1. The Morgan fingerprint density at radius 1 is 1.15 bits per heavy atom. The number of nitrogens with zero attached hydrogens (tertiary/aromatic N) is 2. The number of benzene rings is 2. The number of hydrogen-bond donors (Lipinski definition) is 5. The molecule has 1 saturated heterocycles. The second kappa shape index (κ2) is 16.9. The number of methoxy groups -OCH3 is 1. The highest BCUT2D eigenvalue weighted by Gasteiger charge is 2.57. The molecule has 4 aliphatic rings. The topological polar surface area (TPSA) is 153 Å². The maximum Gasteiger partial charge on any atom is 0.251 e. The number of fused-ring (bicyclic) bond motifs is 2. The molecule has 0 aromatic heterocycles. The van der Waals surface area contributed by atoms with Crippen LogP contribution in [0.15, 0.2) is 36.4 Å². The van der Waals surface area contributed by atoms with Crippen molar-refractivity contribution in [3.05, 3.63) is 47.5 Å². The van der Waals surface area contributed by atoms with Crippen LogP contribution < -0.4 is 20.7 Å². The lowest BCUT2D eigenvalue weighted by molar-refractivity contribution is -0.183. The van der Waals surface area contributed by atoms with Crippen molar-refractivity contribution in [2.45, 2.75) is 104 Å². The van der Waals surface area contributed by atoms with E-state index in [0.717, 1.165) is 19.3 Å². The number of rotatable bonds is 15. The summed E-state index contributed by atoms with van der Waals surface area (Å²) in [6, 6.07) is 9.98. The number of aliphatic hydroxyl groups is 2. The number of para-hydroxylation sites is 1. The molecule has 12 nitrogen and oxygen atoms in total. The Hall–Kier alpha value is -3.55. The molecule has 12 heteroatoms. The van der Waals surface area contributed by atoms with Gasteiger partial charge < -0.3 is 35.8 Å². The Kier molecular flexibility index (Phi) is 12.9. The van der Waals surface area contributed by atoms with Crippen LogP contribution in [0.5, 0.6) is 5.75 Å². The van der Waals surface area contributed by atoms with E-state index in [2.05, 4.69) is 43.6 Å². The van der Waals surface area contributed by atoms with E-state index < -0.39 is 24.2 Å². The Morgan fingerprint density at radius 2 is 1.89 bits per heavy atom. The smallest absolute Gasteiger partial charge is 0.251 e. The van der Waals surface area contributed by atoms with Crippen LogP contribution in [0, 0.1) is 29.1 Å². The van der Waals surface area contributed by atoms with Crippen LogP contribution in [0.25, 0.3) is 11.1 Å². The van der Waals surface area contributed by atoms with Gasteiger partial charge in [0, 0.05) is 53.8 Å². The van der Waals surface area contributed by atoms with Crippen LogP contribution >= 0.6 is 0 Å². The third-order valence-electron chi connectivity index (χ3n) is 12.1. The highest BCUT2D eigenvalue weighted by molar-refractivity contribution is 5.99. The van der Waals surface area contributed by atoms with Crippen molar-refractivity contribution in [1.82, 2.24) is 20.6 Å². The van der Waals surface area contributed by atoms with Gasteiger partial charge in [0.25, 0.3) is 5.91 Å². The average Bonchev–Trinajstić information content (AvgIpc) is 3.46. The van der Waals surface area contributed by atoms with E-state index in [1.165, 1.54) is 13.3 Å². The molecule has 2 bridgehead atoms. The number of amides is 3. The summed E-state index contributed by atoms with van der Waals surface area (Å²) in [5.74, 6) is 0.500. The first kappa shape index (κ1) is 40.6. The van der Waals surface area contributed by atoms with Crippen LogP contribution in [-0.2, 0) is 21.0 Å². The lowest BCUT2D eigenvalue weighted by Gasteiger charge is -2.62. The Bertz CT molecular complexity index is 1630. The van der Waals surface area contributed by atoms with E-state index in [9.17, 15) is 24.6 Å². The summed E-state index contributed by atoms with van der Waals surface area (Å²) in [5.41, 5.74) is 3.15. The summed E-state index contributed by atoms with van der Waals surface area (Å²) in [6.07, 6.45) is 2.13. The molecule has 9 atom stereocenters. The van der Waals surface area contributed by atoms with Crippen molar-refractivity contribution in [3.8, 4) is 16.9 Å². The van der Waals surface area contributed by atoms with E-state index in [1.54, 1.807) is 37.3 Å². The molecule has 0 spiro atoms. The monoisotopic (exact) mass is 735 g/mol. The average molecular weight is 736 g/mol. The fourth-order valence-corrected chi connectivity index (χ4v) is 9.29. The molecule has 0 radical (unpaired) electrons. The summed E-state index contributed by atoms with van der Waals surface area (Å²) in [6.45, 7) is 12.5. The maximum atomic E-state index is 14.2. The molecule has 4 fully saturated rings. The SMILES string of the molecule is CCC[C@@H](CN(C)C)NC(=O)c1cc(NC(C)=O)cc(-c2cccc(CN3O[C@@H](CO)[C@@H]([C@H](C)O)[C@H]3C(=O)N[C@H]3C[C@H]4C[C@@H]([C@@H]3C)C4(C)C)c2OC)c1. The number of hydrogen-bond acceptors (Lipinski definition) is 9. The molecule has 2 aromatic carbocycles. The molecule has 3 aliphatic carbocycles. The van der Waals surface area contributed by atoms with Crippen molar-refractivity contribution in [3.63, 3.8) is 0 Å². The third-order valence-corrected chi connectivity index (χ3v) is 12.1. The van der Waals surface area contributed by atoms with Gasteiger partial charge in [0.15, 0.2) is 0 Å². The van der Waals surface area contributed by atoms with Gasteiger partial charge in [-0.15, -0.1) is 0 Å². The number of nitrogens with one attached hydrogen (secondary N) is 3. The van der Waals surface area contributed by atoms with Crippen molar-refractivity contribution in [2.24, 2.45) is 29.1 Å². The minimum atomic E-state index is -0.923. The number of carbonyl (C=O) groups excluding carboxylic acids is 3. The van der Waals surface area contributed by atoms with E-state index in [-0.39, 0.29) is 48.4 Å². The summed E-state index contributed by atoms with van der Waals surface area (Å²) in [5, 5.41) is 32.2. The van der Waals surface area contributed by atoms with Gasteiger partial charge in [0.05, 0.1) is 26.4 Å². The van der Waals surface area contributed by atoms with Gasteiger partial charge in [0.1, 0.15) is 17.9 Å². The molecular weight excluding hydrogens is 674 g/mol. The number of ether oxygens (including phenoxy) is 1. The van der Waals surface area contributed by atoms with Crippen LogP contribution in [0.2, 0.25) is 0 Å². The first-order valence-electron chi connectivity index (χ1n) is 19.2. The lowest BCUT2D eigenvalue weighted by Crippen LogP contribution is -2.62. The zero-order valence-electron chi connectivity index (χ0n) is 32.9. The summed E-state index contributed by atoms with van der Waals surface area (Å²) < 4.78 is 6.02. The molecule has 53 heavy (non-hydrogen) atoms. The second-order valence-electron chi connectivity index (χ2n) is 16.4. The first-order chi connectivity index (χ1) is 25.1. The summed E-state index contributed by atoms with van der Waals surface area (Å²) >= 11 is 0. The van der Waals surface area contributed by atoms with Gasteiger partial charge in [0.2, 0.25) is 11.8 Å². The number of hydroxylamine groups is 2. The molecule has 3 saturated carbocycles.